The van der Waals surface area contributed by atoms with Gasteiger partial charge in [-0.05, 0) is 17.7 Å². The molecule has 1 aromatic carbocycles. The van der Waals surface area contributed by atoms with E-state index in [4.69, 9.17) is 5.11 Å². The fraction of sp³-hybridized carbons (Fsp3) is 0.200. The highest BCUT2D eigenvalue weighted by molar-refractivity contribution is 7.99. The van der Waals surface area contributed by atoms with Crippen molar-refractivity contribution in [3.63, 3.8) is 0 Å². The summed E-state index contributed by atoms with van der Waals surface area (Å²) >= 11 is 1.38. The van der Waals surface area contributed by atoms with E-state index in [9.17, 15) is 9.59 Å². The third-order valence-corrected chi connectivity index (χ3v) is 2.44. The first-order chi connectivity index (χ1) is 6.72. The molecule has 1 N–H and O–H groups in total. The van der Waals surface area contributed by atoms with Gasteiger partial charge in [0.1, 0.15) is 0 Å². The molecular formula is C10H9O3S. The van der Waals surface area contributed by atoms with Crippen LogP contribution in [0.3, 0.4) is 0 Å². The Morgan fingerprint density at radius 2 is 2.00 bits per heavy atom. The molecule has 0 unspecified atom stereocenters. The van der Waals surface area contributed by atoms with E-state index in [1.165, 1.54) is 11.8 Å². The number of carboxylic acid groups (broad SMARTS) is 1. The normalized spacial score (nSPS) is 9.71. The van der Waals surface area contributed by atoms with Gasteiger partial charge in [-0.3, -0.25) is 9.59 Å². The zero-order valence-electron chi connectivity index (χ0n) is 7.40. The van der Waals surface area contributed by atoms with Gasteiger partial charge >= 0.3 is 5.97 Å². The van der Waals surface area contributed by atoms with E-state index in [1.54, 1.807) is 30.6 Å². The standard InChI is InChI=1S/C10H9O3S/c11-5-6-14-9-3-1-8(2-4-9)7-10(12)13/h1-4H,6-7H2,(H,12,13). The van der Waals surface area contributed by atoms with Crippen molar-refractivity contribution in [1.82, 2.24) is 0 Å². The molecule has 1 aromatic rings. The Balaban J connectivity index is 2.58. The summed E-state index contributed by atoms with van der Waals surface area (Å²) in [6.45, 7) is 0. The number of thioether (sulfide) groups is 1. The van der Waals surface area contributed by atoms with Crippen LogP contribution in [0.15, 0.2) is 29.2 Å². The fourth-order valence-corrected chi connectivity index (χ4v) is 1.55. The van der Waals surface area contributed by atoms with Crippen LogP contribution in [0.25, 0.3) is 0 Å². The summed E-state index contributed by atoms with van der Waals surface area (Å²) in [6, 6.07) is 7.11. The maximum atomic E-state index is 10.4. The predicted octanol–water partition coefficient (Wildman–Crippen LogP) is 1.52. The molecule has 0 fully saturated rings. The van der Waals surface area contributed by atoms with Gasteiger partial charge in [0.25, 0.3) is 0 Å². The van der Waals surface area contributed by atoms with E-state index >= 15 is 0 Å². The number of carbonyl (C=O) groups is 1. The van der Waals surface area contributed by atoms with Crippen molar-refractivity contribution in [2.75, 3.05) is 5.75 Å². The topological polar surface area (TPSA) is 54.4 Å². The van der Waals surface area contributed by atoms with Gasteiger partial charge in [0.2, 0.25) is 6.29 Å². The third kappa shape index (κ3) is 3.62. The number of hydrogen-bond acceptors (Lipinski definition) is 3. The van der Waals surface area contributed by atoms with Crippen LogP contribution >= 0.6 is 11.8 Å². The van der Waals surface area contributed by atoms with Gasteiger partial charge in [0, 0.05) is 4.90 Å². The molecule has 0 aliphatic rings. The molecular weight excluding hydrogens is 200 g/mol. The van der Waals surface area contributed by atoms with Crippen LogP contribution in [0.5, 0.6) is 0 Å². The molecule has 0 aliphatic carbocycles. The van der Waals surface area contributed by atoms with E-state index in [1.807, 2.05) is 0 Å². The lowest BCUT2D eigenvalue weighted by Gasteiger charge is -1.99. The fourth-order valence-electron chi connectivity index (χ4n) is 0.991. The summed E-state index contributed by atoms with van der Waals surface area (Å²) in [6.07, 6.45) is 1.81. The van der Waals surface area contributed by atoms with Gasteiger partial charge in [-0.25, -0.2) is 0 Å². The molecule has 0 saturated carbocycles. The molecule has 1 rings (SSSR count). The Kier molecular flexibility index (Phi) is 4.19. The van der Waals surface area contributed by atoms with E-state index in [0.717, 1.165) is 10.5 Å². The summed E-state index contributed by atoms with van der Waals surface area (Å²) in [5, 5.41) is 8.52. The van der Waals surface area contributed by atoms with E-state index in [2.05, 4.69) is 0 Å². The minimum atomic E-state index is -0.841. The van der Waals surface area contributed by atoms with Gasteiger partial charge < -0.3 is 5.11 Å². The first-order valence-electron chi connectivity index (χ1n) is 4.01. The smallest absolute Gasteiger partial charge is 0.307 e. The Morgan fingerprint density at radius 1 is 1.36 bits per heavy atom. The van der Waals surface area contributed by atoms with Gasteiger partial charge in [-0.1, -0.05) is 12.1 Å². The van der Waals surface area contributed by atoms with Crippen molar-refractivity contribution in [3.8, 4) is 0 Å². The zero-order valence-corrected chi connectivity index (χ0v) is 8.21. The summed E-state index contributed by atoms with van der Waals surface area (Å²) in [5.41, 5.74) is 0.761. The first kappa shape index (κ1) is 10.8. The van der Waals surface area contributed by atoms with Crippen LogP contribution in [0.2, 0.25) is 0 Å². The second-order valence-corrected chi connectivity index (χ2v) is 3.70. The lowest BCUT2D eigenvalue weighted by molar-refractivity contribution is -0.136. The van der Waals surface area contributed by atoms with Crippen molar-refractivity contribution >= 4 is 24.0 Å². The molecule has 0 saturated heterocycles. The maximum Gasteiger partial charge on any atom is 0.307 e. The second kappa shape index (κ2) is 5.44. The summed E-state index contributed by atoms with van der Waals surface area (Å²) in [5.74, 6) is -0.537. The quantitative estimate of drug-likeness (QED) is 0.747. The van der Waals surface area contributed by atoms with Gasteiger partial charge in [0.05, 0.1) is 12.2 Å². The molecule has 73 valence electrons. The van der Waals surface area contributed by atoms with E-state index in [0.29, 0.717) is 5.75 Å². The van der Waals surface area contributed by atoms with E-state index in [-0.39, 0.29) is 6.42 Å². The van der Waals surface area contributed by atoms with Crippen LogP contribution in [0.4, 0.5) is 0 Å². The molecule has 4 heteroatoms. The lowest BCUT2D eigenvalue weighted by Crippen LogP contribution is -1.99. The molecule has 0 atom stereocenters. The first-order valence-corrected chi connectivity index (χ1v) is 4.99. The Morgan fingerprint density at radius 3 is 2.50 bits per heavy atom. The zero-order chi connectivity index (χ0) is 10.4. The summed E-state index contributed by atoms with van der Waals surface area (Å²) in [7, 11) is 0. The molecule has 0 spiro atoms. The SMILES string of the molecule is O=[C]CSc1ccc(CC(=O)O)cc1. The summed E-state index contributed by atoms with van der Waals surface area (Å²) in [4.78, 5) is 21.3. The van der Waals surface area contributed by atoms with Gasteiger partial charge in [-0.2, -0.15) is 0 Å². The number of rotatable bonds is 5. The number of aliphatic carboxylic acids is 1. The van der Waals surface area contributed by atoms with Crippen LogP contribution in [-0.4, -0.2) is 23.1 Å². The Hall–Kier alpha value is -1.29. The molecule has 1 radical (unpaired) electrons. The van der Waals surface area contributed by atoms with Crippen LogP contribution < -0.4 is 0 Å². The third-order valence-electron chi connectivity index (χ3n) is 1.58. The monoisotopic (exact) mass is 209 g/mol. The minimum Gasteiger partial charge on any atom is -0.481 e. The second-order valence-electron chi connectivity index (χ2n) is 2.65. The van der Waals surface area contributed by atoms with E-state index < -0.39 is 5.97 Å². The van der Waals surface area contributed by atoms with Crippen LogP contribution in [0.1, 0.15) is 5.56 Å². The number of benzene rings is 1. The average Bonchev–Trinajstić information content (AvgIpc) is 2.16. The number of carboxylic acids is 1. The number of hydrogen-bond donors (Lipinski definition) is 1. The van der Waals surface area contributed by atoms with Crippen LogP contribution in [0, 0.1) is 0 Å². The Bertz CT molecular complexity index is 319. The van der Waals surface area contributed by atoms with Gasteiger partial charge in [0.15, 0.2) is 0 Å². The van der Waals surface area contributed by atoms with Crippen molar-refractivity contribution < 1.29 is 14.7 Å². The molecule has 0 bridgehead atoms. The highest BCUT2D eigenvalue weighted by Gasteiger charge is 2.00. The lowest BCUT2D eigenvalue weighted by atomic mass is 10.2. The van der Waals surface area contributed by atoms with Crippen molar-refractivity contribution in [2.45, 2.75) is 11.3 Å². The van der Waals surface area contributed by atoms with Crippen molar-refractivity contribution in [2.24, 2.45) is 0 Å². The minimum absolute atomic E-state index is 0.0325. The predicted molar refractivity (Wildman–Crippen MR) is 54.2 cm³/mol. The summed E-state index contributed by atoms with van der Waals surface area (Å²) < 4.78 is 0. The number of carbonyl (C=O) groups excluding carboxylic acids is 1. The Labute approximate surface area is 86.1 Å². The van der Waals surface area contributed by atoms with Crippen molar-refractivity contribution in [3.05, 3.63) is 29.8 Å². The highest BCUT2D eigenvalue weighted by atomic mass is 32.2. The highest BCUT2D eigenvalue weighted by Crippen LogP contribution is 2.17. The average molecular weight is 209 g/mol. The molecule has 0 aromatic heterocycles. The maximum absolute atomic E-state index is 10.4. The molecule has 14 heavy (non-hydrogen) atoms. The largest absolute Gasteiger partial charge is 0.481 e. The molecule has 0 amide bonds. The van der Waals surface area contributed by atoms with Gasteiger partial charge in [-0.15, -0.1) is 11.8 Å². The van der Waals surface area contributed by atoms with Crippen molar-refractivity contribution in [1.29, 1.82) is 0 Å². The molecule has 0 aliphatic heterocycles. The molecule has 0 heterocycles. The van der Waals surface area contributed by atoms with Crippen LogP contribution in [-0.2, 0) is 16.0 Å². The molecule has 3 nitrogen and oxygen atoms in total.